The van der Waals surface area contributed by atoms with Crippen molar-refractivity contribution >= 4 is 17.4 Å². The minimum absolute atomic E-state index is 0.191. The number of benzene rings is 2. The molecule has 2 heterocycles. The molecule has 0 fully saturated rings. The first-order chi connectivity index (χ1) is 13.1. The van der Waals surface area contributed by atoms with Crippen LogP contribution in [0.3, 0.4) is 0 Å². The van der Waals surface area contributed by atoms with E-state index in [1.807, 2.05) is 30.3 Å². The highest BCUT2D eigenvalue weighted by atomic mass is 16.5. The van der Waals surface area contributed by atoms with E-state index < -0.39 is 0 Å². The molecule has 5 heteroatoms. The van der Waals surface area contributed by atoms with Crippen molar-refractivity contribution in [2.24, 2.45) is 0 Å². The lowest BCUT2D eigenvalue weighted by atomic mass is 9.90. The Balaban J connectivity index is 1.92. The molecule has 27 heavy (non-hydrogen) atoms. The predicted molar refractivity (Wildman–Crippen MR) is 107 cm³/mol. The van der Waals surface area contributed by atoms with Gasteiger partial charge in [-0.15, -0.1) is 0 Å². The average Bonchev–Trinajstić information content (AvgIpc) is 3.13. The molecule has 0 saturated carbocycles. The van der Waals surface area contributed by atoms with Gasteiger partial charge in [0.05, 0.1) is 24.8 Å². The lowest BCUT2D eigenvalue weighted by Crippen LogP contribution is -2.36. The zero-order valence-electron chi connectivity index (χ0n) is 15.2. The van der Waals surface area contributed by atoms with Crippen molar-refractivity contribution in [1.29, 1.82) is 10.8 Å². The van der Waals surface area contributed by atoms with Crippen molar-refractivity contribution in [2.45, 2.75) is 20.0 Å². The maximum absolute atomic E-state index is 8.28. The van der Waals surface area contributed by atoms with Crippen LogP contribution in [-0.2, 0) is 17.8 Å². The van der Waals surface area contributed by atoms with E-state index in [-0.39, 0.29) is 12.4 Å². The fourth-order valence-electron chi connectivity index (χ4n) is 3.58. The molecule has 2 N–H and O–H groups in total. The van der Waals surface area contributed by atoms with E-state index in [1.54, 1.807) is 24.3 Å². The number of furan rings is 1. The summed E-state index contributed by atoms with van der Waals surface area (Å²) in [7, 11) is 0. The topological polar surface area (TPSA) is 73.3 Å². The molecule has 0 unspecified atom stereocenters. The van der Waals surface area contributed by atoms with Crippen molar-refractivity contribution in [3.05, 3.63) is 77.7 Å². The van der Waals surface area contributed by atoms with Crippen LogP contribution in [0.1, 0.15) is 23.6 Å². The van der Waals surface area contributed by atoms with Gasteiger partial charge in [0, 0.05) is 11.1 Å². The average molecular weight is 359 g/mol. The van der Waals surface area contributed by atoms with Crippen LogP contribution in [0.25, 0.3) is 11.1 Å². The molecular weight excluding hydrogens is 338 g/mol. The fourth-order valence-corrected chi connectivity index (χ4v) is 3.58. The van der Waals surface area contributed by atoms with Crippen LogP contribution in [0.4, 0.5) is 5.69 Å². The van der Waals surface area contributed by atoms with Gasteiger partial charge in [-0.25, -0.2) is 0 Å². The van der Waals surface area contributed by atoms with E-state index in [4.69, 9.17) is 20.0 Å². The summed E-state index contributed by atoms with van der Waals surface area (Å²) in [6.07, 6.45) is 4.16. The monoisotopic (exact) mass is 359 g/mol. The maximum atomic E-state index is 8.28. The van der Waals surface area contributed by atoms with Crippen molar-refractivity contribution in [3.8, 4) is 11.1 Å². The number of hydrogen-bond acceptors (Lipinski definition) is 4. The molecule has 0 aliphatic carbocycles. The fraction of sp³-hybridized carbons (Fsp3) is 0.182. The Morgan fingerprint density at radius 2 is 1.89 bits per heavy atom. The molecule has 0 atom stereocenters. The van der Waals surface area contributed by atoms with Gasteiger partial charge in [0.25, 0.3) is 0 Å². The maximum Gasteiger partial charge on any atom is 0.132 e. The molecule has 0 spiro atoms. The summed E-state index contributed by atoms with van der Waals surface area (Å²) in [6, 6.07) is 16.3. The molecular formula is C22H21N3O2. The van der Waals surface area contributed by atoms with Gasteiger partial charge in [-0.2, -0.15) is 0 Å². The van der Waals surface area contributed by atoms with Gasteiger partial charge < -0.3 is 9.15 Å². The summed E-state index contributed by atoms with van der Waals surface area (Å²) in [5.41, 5.74) is 6.32. The number of rotatable bonds is 3. The Morgan fingerprint density at radius 1 is 1.07 bits per heavy atom. The first-order valence-corrected chi connectivity index (χ1v) is 8.87. The van der Waals surface area contributed by atoms with Crippen LogP contribution in [0.5, 0.6) is 0 Å². The number of fused-ring (bicyclic) bond motifs is 1. The minimum Gasteiger partial charge on any atom is -0.472 e. The number of nitrogens with one attached hydrogen (secondary N) is 2. The lowest BCUT2D eigenvalue weighted by molar-refractivity contribution is 0.159. The van der Waals surface area contributed by atoms with Gasteiger partial charge >= 0.3 is 0 Å². The normalized spacial score (nSPS) is 14.0. The Kier molecular flexibility index (Phi) is 4.60. The molecule has 5 nitrogen and oxygen atoms in total. The Labute approximate surface area is 158 Å². The minimum atomic E-state index is 0.191. The third kappa shape index (κ3) is 3.29. The van der Waals surface area contributed by atoms with Crippen molar-refractivity contribution in [3.63, 3.8) is 0 Å². The number of amidine groups is 2. The number of nitrogens with zero attached hydrogens (tertiary/aromatic N) is 1. The number of anilines is 1. The summed E-state index contributed by atoms with van der Waals surface area (Å²) >= 11 is 0. The smallest absolute Gasteiger partial charge is 0.132 e. The molecule has 0 radical (unpaired) electrons. The summed E-state index contributed by atoms with van der Waals surface area (Å²) in [5, 5.41) is 16.4. The molecule has 0 amide bonds. The molecule has 1 aliphatic rings. The van der Waals surface area contributed by atoms with E-state index in [0.29, 0.717) is 12.4 Å². The standard InChI is InChI=1S/C22H21N3O2/c1-15(23)25-21-8-7-18(17-9-10-26-12-17)19(11-16-5-3-2-4-6-16)20(21)13-27-14-22(25)24/h2-10,12,23-24H,11,13-14H2,1H3. The van der Waals surface area contributed by atoms with Crippen LogP contribution in [0.15, 0.2) is 65.5 Å². The van der Waals surface area contributed by atoms with Crippen LogP contribution >= 0.6 is 0 Å². The zero-order chi connectivity index (χ0) is 18.8. The molecule has 1 aliphatic heterocycles. The summed E-state index contributed by atoms with van der Waals surface area (Å²) in [6.45, 7) is 2.30. The quantitative estimate of drug-likeness (QED) is 0.519. The summed E-state index contributed by atoms with van der Waals surface area (Å²) in [4.78, 5) is 1.66. The number of ether oxygens (including phenoxy) is 1. The first-order valence-electron chi connectivity index (χ1n) is 8.87. The molecule has 4 rings (SSSR count). The van der Waals surface area contributed by atoms with Crippen molar-refractivity contribution in [2.75, 3.05) is 11.5 Å². The van der Waals surface area contributed by atoms with Gasteiger partial charge in [-0.3, -0.25) is 15.7 Å². The Morgan fingerprint density at radius 3 is 2.59 bits per heavy atom. The Bertz CT molecular complexity index is 978. The zero-order valence-corrected chi connectivity index (χ0v) is 15.2. The van der Waals surface area contributed by atoms with E-state index in [2.05, 4.69) is 18.2 Å². The SMILES string of the molecule is CC(=N)N1C(=N)COCc2c1ccc(-c1ccoc1)c2Cc1ccccc1. The van der Waals surface area contributed by atoms with Gasteiger partial charge in [0.1, 0.15) is 18.3 Å². The molecule has 136 valence electrons. The molecule has 3 aromatic rings. The van der Waals surface area contributed by atoms with Gasteiger partial charge in [-0.05, 0) is 42.2 Å². The molecule has 1 aromatic heterocycles. The van der Waals surface area contributed by atoms with E-state index in [0.717, 1.165) is 34.4 Å². The highest BCUT2D eigenvalue weighted by Crippen LogP contribution is 2.36. The summed E-state index contributed by atoms with van der Waals surface area (Å²) in [5.74, 6) is 0.594. The van der Waals surface area contributed by atoms with E-state index >= 15 is 0 Å². The molecule has 2 aromatic carbocycles. The lowest BCUT2D eigenvalue weighted by Gasteiger charge is -2.25. The second-order valence-electron chi connectivity index (χ2n) is 6.62. The third-order valence-corrected chi connectivity index (χ3v) is 4.79. The van der Waals surface area contributed by atoms with Gasteiger partial charge in [-0.1, -0.05) is 36.4 Å². The molecule has 0 saturated heterocycles. The third-order valence-electron chi connectivity index (χ3n) is 4.79. The van der Waals surface area contributed by atoms with Crippen LogP contribution < -0.4 is 4.90 Å². The van der Waals surface area contributed by atoms with Crippen molar-refractivity contribution < 1.29 is 9.15 Å². The second kappa shape index (κ2) is 7.21. The Hall–Kier alpha value is -3.18. The van der Waals surface area contributed by atoms with Crippen LogP contribution in [-0.4, -0.2) is 18.3 Å². The highest BCUT2D eigenvalue weighted by molar-refractivity contribution is 6.17. The van der Waals surface area contributed by atoms with E-state index in [9.17, 15) is 0 Å². The van der Waals surface area contributed by atoms with Crippen LogP contribution in [0, 0.1) is 10.8 Å². The predicted octanol–water partition coefficient (Wildman–Crippen LogP) is 4.85. The van der Waals surface area contributed by atoms with Gasteiger partial charge in [0.2, 0.25) is 0 Å². The van der Waals surface area contributed by atoms with Gasteiger partial charge in [0.15, 0.2) is 0 Å². The van der Waals surface area contributed by atoms with Crippen molar-refractivity contribution in [1.82, 2.24) is 0 Å². The number of hydrogen-bond donors (Lipinski definition) is 2. The molecule has 0 bridgehead atoms. The second-order valence-corrected chi connectivity index (χ2v) is 6.62. The van der Waals surface area contributed by atoms with E-state index in [1.165, 1.54) is 5.56 Å². The largest absolute Gasteiger partial charge is 0.472 e. The van der Waals surface area contributed by atoms with Crippen LogP contribution in [0.2, 0.25) is 0 Å². The summed E-state index contributed by atoms with van der Waals surface area (Å²) < 4.78 is 11.1. The first kappa shape index (κ1) is 17.2. The highest BCUT2D eigenvalue weighted by Gasteiger charge is 2.25.